The van der Waals surface area contributed by atoms with E-state index >= 15 is 0 Å². The third-order valence-corrected chi connectivity index (χ3v) is 2.93. The monoisotopic (exact) mass is 285 g/mol. The molecule has 1 amide bonds. The normalized spacial score (nSPS) is 11.7. The van der Waals surface area contributed by atoms with Crippen molar-refractivity contribution >= 4 is 17.6 Å². The number of benzene rings is 1. The van der Waals surface area contributed by atoms with Gasteiger partial charge < -0.3 is 16.2 Å². The summed E-state index contributed by atoms with van der Waals surface area (Å²) < 4.78 is 0. The number of hydrogen-bond donors (Lipinski definition) is 3. The fourth-order valence-corrected chi connectivity index (χ4v) is 1.77. The number of aromatic nitrogens is 1. The Bertz CT molecular complexity index is 626. The molecule has 0 aliphatic rings. The molecule has 0 fully saturated rings. The molecule has 1 atom stereocenters. The van der Waals surface area contributed by atoms with Crippen molar-refractivity contribution in [2.45, 2.75) is 12.5 Å². The van der Waals surface area contributed by atoms with Gasteiger partial charge in [-0.15, -0.1) is 0 Å². The van der Waals surface area contributed by atoms with Crippen molar-refractivity contribution in [2.24, 2.45) is 5.73 Å². The maximum atomic E-state index is 11.9. The van der Waals surface area contributed by atoms with Crippen molar-refractivity contribution in [3.8, 4) is 0 Å². The van der Waals surface area contributed by atoms with E-state index in [9.17, 15) is 9.59 Å². The molecule has 0 aliphatic carbocycles. The second-order valence-corrected chi connectivity index (χ2v) is 4.54. The van der Waals surface area contributed by atoms with Crippen molar-refractivity contribution in [3.05, 3.63) is 59.9 Å². The van der Waals surface area contributed by atoms with E-state index in [1.54, 1.807) is 48.8 Å². The highest BCUT2D eigenvalue weighted by Gasteiger charge is 2.12. The van der Waals surface area contributed by atoms with Crippen LogP contribution in [0.3, 0.4) is 0 Å². The van der Waals surface area contributed by atoms with Crippen molar-refractivity contribution in [2.75, 3.05) is 5.32 Å². The highest BCUT2D eigenvalue weighted by atomic mass is 16.4. The minimum Gasteiger partial charge on any atom is -0.480 e. The number of pyridine rings is 1. The van der Waals surface area contributed by atoms with Crippen LogP contribution >= 0.6 is 0 Å². The van der Waals surface area contributed by atoms with E-state index in [4.69, 9.17) is 10.8 Å². The van der Waals surface area contributed by atoms with Crippen LogP contribution in [0.15, 0.2) is 48.8 Å². The largest absolute Gasteiger partial charge is 0.480 e. The zero-order valence-electron chi connectivity index (χ0n) is 11.2. The molecular formula is C15H15N3O3. The van der Waals surface area contributed by atoms with Gasteiger partial charge in [0.1, 0.15) is 6.04 Å². The molecule has 6 heteroatoms. The predicted molar refractivity (Wildman–Crippen MR) is 77.9 cm³/mol. The van der Waals surface area contributed by atoms with Crippen LogP contribution in [0, 0.1) is 0 Å². The van der Waals surface area contributed by atoms with Gasteiger partial charge in [0.05, 0.1) is 0 Å². The van der Waals surface area contributed by atoms with E-state index in [1.165, 1.54) is 0 Å². The van der Waals surface area contributed by atoms with Gasteiger partial charge in [-0.3, -0.25) is 14.6 Å². The lowest BCUT2D eigenvalue weighted by Gasteiger charge is -2.08. The summed E-state index contributed by atoms with van der Waals surface area (Å²) >= 11 is 0. The Balaban J connectivity index is 2.00. The molecule has 0 radical (unpaired) electrons. The number of amides is 1. The molecule has 0 bridgehead atoms. The maximum Gasteiger partial charge on any atom is 0.320 e. The SMILES string of the molecule is N[C@@H](Cc1ccc(NC(=O)c2ccncc2)cc1)C(=O)O. The summed E-state index contributed by atoms with van der Waals surface area (Å²) in [6.07, 6.45) is 3.34. The molecule has 0 aliphatic heterocycles. The number of nitrogens with one attached hydrogen (secondary N) is 1. The van der Waals surface area contributed by atoms with Crippen molar-refractivity contribution in [1.82, 2.24) is 4.98 Å². The molecule has 21 heavy (non-hydrogen) atoms. The van der Waals surface area contributed by atoms with E-state index in [0.717, 1.165) is 5.56 Å². The van der Waals surface area contributed by atoms with Crippen LogP contribution in [0.5, 0.6) is 0 Å². The number of rotatable bonds is 5. The van der Waals surface area contributed by atoms with Crippen molar-refractivity contribution in [1.29, 1.82) is 0 Å². The van der Waals surface area contributed by atoms with Crippen LogP contribution < -0.4 is 11.1 Å². The molecule has 1 heterocycles. The Morgan fingerprint density at radius 1 is 1.14 bits per heavy atom. The zero-order valence-corrected chi connectivity index (χ0v) is 11.2. The third-order valence-electron chi connectivity index (χ3n) is 2.93. The van der Waals surface area contributed by atoms with Crippen LogP contribution in [0.2, 0.25) is 0 Å². The van der Waals surface area contributed by atoms with E-state index < -0.39 is 12.0 Å². The number of nitrogens with zero attached hydrogens (tertiary/aromatic N) is 1. The van der Waals surface area contributed by atoms with Crippen molar-refractivity contribution < 1.29 is 14.7 Å². The summed E-state index contributed by atoms with van der Waals surface area (Å²) in [4.78, 5) is 26.5. The van der Waals surface area contributed by atoms with Gasteiger partial charge in [-0.25, -0.2) is 0 Å². The van der Waals surface area contributed by atoms with Gasteiger partial charge in [-0.05, 0) is 36.2 Å². The highest BCUT2D eigenvalue weighted by molar-refractivity contribution is 6.04. The molecule has 1 aromatic carbocycles. The average molecular weight is 285 g/mol. The number of carbonyl (C=O) groups excluding carboxylic acids is 1. The van der Waals surface area contributed by atoms with Gasteiger partial charge in [-0.2, -0.15) is 0 Å². The van der Waals surface area contributed by atoms with E-state index in [1.807, 2.05) is 0 Å². The number of carbonyl (C=O) groups is 2. The Hall–Kier alpha value is -2.73. The van der Waals surface area contributed by atoms with Gasteiger partial charge in [-0.1, -0.05) is 12.1 Å². The number of anilines is 1. The summed E-state index contributed by atoms with van der Waals surface area (Å²) in [7, 11) is 0. The fraction of sp³-hybridized carbons (Fsp3) is 0.133. The number of carboxylic acids is 1. The van der Waals surface area contributed by atoms with Crippen LogP contribution in [-0.2, 0) is 11.2 Å². The summed E-state index contributed by atoms with van der Waals surface area (Å²) in [5.74, 6) is -1.27. The first-order chi connectivity index (χ1) is 10.1. The Labute approximate surface area is 121 Å². The summed E-state index contributed by atoms with van der Waals surface area (Å²) in [5.41, 5.74) is 7.41. The molecule has 2 aromatic rings. The van der Waals surface area contributed by atoms with E-state index in [0.29, 0.717) is 11.3 Å². The fourth-order valence-electron chi connectivity index (χ4n) is 1.77. The highest BCUT2D eigenvalue weighted by Crippen LogP contribution is 2.12. The molecule has 1 aromatic heterocycles. The smallest absolute Gasteiger partial charge is 0.320 e. The van der Waals surface area contributed by atoms with Crippen LogP contribution in [-0.4, -0.2) is 28.0 Å². The first kappa shape index (κ1) is 14.7. The molecule has 0 saturated carbocycles. The van der Waals surface area contributed by atoms with E-state index in [2.05, 4.69) is 10.3 Å². The summed E-state index contributed by atoms with van der Waals surface area (Å²) in [6.45, 7) is 0. The van der Waals surface area contributed by atoms with Crippen LogP contribution in [0.25, 0.3) is 0 Å². The quantitative estimate of drug-likeness (QED) is 0.767. The minimum atomic E-state index is -1.04. The average Bonchev–Trinajstić information content (AvgIpc) is 2.50. The molecule has 108 valence electrons. The molecule has 0 unspecified atom stereocenters. The topological polar surface area (TPSA) is 105 Å². The van der Waals surface area contributed by atoms with Crippen LogP contribution in [0.1, 0.15) is 15.9 Å². The number of hydrogen-bond acceptors (Lipinski definition) is 4. The molecule has 4 N–H and O–H groups in total. The lowest BCUT2D eigenvalue weighted by Crippen LogP contribution is -2.32. The minimum absolute atomic E-state index is 0.229. The van der Waals surface area contributed by atoms with Gasteiger partial charge in [0.15, 0.2) is 0 Å². The van der Waals surface area contributed by atoms with Crippen molar-refractivity contribution in [3.63, 3.8) is 0 Å². The molecule has 6 nitrogen and oxygen atoms in total. The summed E-state index contributed by atoms with van der Waals surface area (Å²) in [5, 5.41) is 11.5. The van der Waals surface area contributed by atoms with Gasteiger partial charge in [0.25, 0.3) is 5.91 Å². The second-order valence-electron chi connectivity index (χ2n) is 4.54. The van der Waals surface area contributed by atoms with E-state index in [-0.39, 0.29) is 12.3 Å². The molecule has 2 rings (SSSR count). The zero-order chi connectivity index (χ0) is 15.2. The number of aliphatic carboxylic acids is 1. The van der Waals surface area contributed by atoms with Crippen LogP contribution in [0.4, 0.5) is 5.69 Å². The maximum absolute atomic E-state index is 11.9. The first-order valence-electron chi connectivity index (χ1n) is 6.35. The standard InChI is InChI=1S/C15H15N3O3/c16-13(15(20)21)9-10-1-3-12(4-2-10)18-14(19)11-5-7-17-8-6-11/h1-8,13H,9,16H2,(H,18,19)(H,20,21)/t13-/m0/s1. The predicted octanol–water partition coefficient (Wildman–Crippen LogP) is 1.29. The molecule has 0 spiro atoms. The Morgan fingerprint density at radius 3 is 2.33 bits per heavy atom. The molecular weight excluding hydrogens is 270 g/mol. The Kier molecular flexibility index (Phi) is 4.63. The first-order valence-corrected chi connectivity index (χ1v) is 6.35. The molecule has 0 saturated heterocycles. The lowest BCUT2D eigenvalue weighted by atomic mass is 10.1. The van der Waals surface area contributed by atoms with Gasteiger partial charge in [0, 0.05) is 23.6 Å². The Morgan fingerprint density at radius 2 is 1.76 bits per heavy atom. The summed E-state index contributed by atoms with van der Waals surface area (Å²) in [6, 6.07) is 9.22. The lowest BCUT2D eigenvalue weighted by molar-refractivity contribution is -0.138. The van der Waals surface area contributed by atoms with Gasteiger partial charge >= 0.3 is 5.97 Å². The van der Waals surface area contributed by atoms with Gasteiger partial charge in [0.2, 0.25) is 0 Å². The second kappa shape index (κ2) is 6.62. The number of carboxylic acid groups (broad SMARTS) is 1. The number of nitrogens with two attached hydrogens (primary N) is 1. The third kappa shape index (κ3) is 4.12.